The molecule has 0 bridgehead atoms. The molecule has 4 heteroatoms. The highest BCUT2D eigenvalue weighted by Crippen LogP contribution is 2.17. The van der Waals surface area contributed by atoms with E-state index in [-0.39, 0.29) is 5.43 Å². The van der Waals surface area contributed by atoms with Gasteiger partial charge >= 0.3 is 0 Å². The van der Waals surface area contributed by atoms with Crippen LogP contribution in [0.5, 0.6) is 0 Å². The van der Waals surface area contributed by atoms with E-state index in [0.29, 0.717) is 5.39 Å². The van der Waals surface area contributed by atoms with Crippen molar-refractivity contribution in [3.05, 3.63) is 40.9 Å². The highest BCUT2D eigenvalue weighted by molar-refractivity contribution is 6.01. The Balaban J connectivity index is 2.74. The van der Waals surface area contributed by atoms with Gasteiger partial charge in [-0.05, 0) is 12.1 Å². The number of hydrogen-bond acceptors (Lipinski definition) is 2. The maximum absolute atomic E-state index is 11.6. The molecule has 4 nitrogen and oxygen atoms in total. The number of imidazole rings is 1. The van der Waals surface area contributed by atoms with Crippen molar-refractivity contribution in [2.24, 2.45) is 0 Å². The number of nitrogens with one attached hydrogen (secondary N) is 2. The number of nitrogens with zero attached hydrogens (tertiary/aromatic N) is 1. The molecule has 0 atom stereocenters. The van der Waals surface area contributed by atoms with Crippen LogP contribution >= 0.6 is 0 Å². The summed E-state index contributed by atoms with van der Waals surface area (Å²) in [6, 6.07) is 5.29. The summed E-state index contributed by atoms with van der Waals surface area (Å²) in [4.78, 5) is 21.7. The number of H-pyrrole nitrogens is 2. The molecular weight excluding hydrogens is 178 g/mol. The topological polar surface area (TPSA) is 61.5 Å². The Morgan fingerprint density at radius 1 is 1.07 bits per heavy atom. The van der Waals surface area contributed by atoms with E-state index in [2.05, 4.69) is 15.0 Å². The third kappa shape index (κ3) is 0.821. The Morgan fingerprint density at radius 2 is 1.93 bits per heavy atom. The fourth-order valence-corrected chi connectivity index (χ4v) is 1.67. The molecule has 2 N–H and O–H groups in total. The van der Waals surface area contributed by atoms with Gasteiger partial charge in [-0.15, -0.1) is 0 Å². The van der Waals surface area contributed by atoms with E-state index < -0.39 is 0 Å². The highest BCUT2D eigenvalue weighted by Gasteiger charge is 2.04. The first-order chi connectivity index (χ1) is 6.86. The molecule has 14 heavy (non-hydrogen) atoms. The fourth-order valence-electron chi connectivity index (χ4n) is 1.67. The van der Waals surface area contributed by atoms with Gasteiger partial charge in [0.2, 0.25) is 0 Å². The lowest BCUT2D eigenvalue weighted by Crippen LogP contribution is -2.00. The van der Waals surface area contributed by atoms with Crippen LogP contribution in [0.1, 0.15) is 0 Å². The van der Waals surface area contributed by atoms with Gasteiger partial charge < -0.3 is 9.97 Å². The minimum absolute atomic E-state index is 0.00329. The Labute approximate surface area is 78.6 Å². The molecule has 0 fully saturated rings. The van der Waals surface area contributed by atoms with Crippen LogP contribution in [0.15, 0.2) is 35.5 Å². The molecule has 1 aromatic carbocycles. The summed E-state index contributed by atoms with van der Waals surface area (Å²) in [6.45, 7) is 0. The van der Waals surface area contributed by atoms with E-state index in [4.69, 9.17) is 0 Å². The van der Waals surface area contributed by atoms with Crippen LogP contribution in [-0.4, -0.2) is 15.0 Å². The summed E-state index contributed by atoms with van der Waals surface area (Å²) < 4.78 is 0. The molecular formula is C10H7N3O. The van der Waals surface area contributed by atoms with Crippen molar-refractivity contribution in [2.45, 2.75) is 0 Å². The summed E-state index contributed by atoms with van der Waals surface area (Å²) in [5, 5.41) is 0.645. The second kappa shape index (κ2) is 2.45. The molecule has 2 aromatic heterocycles. The zero-order valence-corrected chi connectivity index (χ0v) is 7.24. The predicted octanol–water partition coefficient (Wildman–Crippen LogP) is 1.40. The molecule has 0 unspecified atom stereocenters. The van der Waals surface area contributed by atoms with Gasteiger partial charge in [-0.2, -0.15) is 0 Å². The van der Waals surface area contributed by atoms with Crippen LogP contribution < -0.4 is 5.43 Å². The van der Waals surface area contributed by atoms with Crippen molar-refractivity contribution in [3.8, 4) is 0 Å². The Hall–Kier alpha value is -2.10. The molecule has 0 aliphatic heterocycles. The van der Waals surface area contributed by atoms with E-state index in [0.717, 1.165) is 16.6 Å². The smallest absolute Gasteiger partial charge is 0.191 e. The largest absolute Gasteiger partial charge is 0.361 e. The van der Waals surface area contributed by atoms with Gasteiger partial charge in [0, 0.05) is 12.3 Å². The Bertz CT molecular complexity index is 665. The minimum atomic E-state index is -0.00329. The van der Waals surface area contributed by atoms with E-state index >= 15 is 0 Å². The summed E-state index contributed by atoms with van der Waals surface area (Å²) >= 11 is 0. The van der Waals surface area contributed by atoms with Crippen LogP contribution in [0.25, 0.3) is 21.9 Å². The average molecular weight is 185 g/mol. The number of aromatic amines is 2. The van der Waals surface area contributed by atoms with Gasteiger partial charge in [0.1, 0.15) is 5.52 Å². The summed E-state index contributed by atoms with van der Waals surface area (Å²) in [7, 11) is 0. The van der Waals surface area contributed by atoms with E-state index in [1.165, 1.54) is 6.07 Å². The van der Waals surface area contributed by atoms with E-state index in [1.807, 2.05) is 12.1 Å². The lowest BCUT2D eigenvalue weighted by Gasteiger charge is -1.96. The first-order valence-electron chi connectivity index (χ1n) is 4.30. The summed E-state index contributed by atoms with van der Waals surface area (Å²) in [5.41, 5.74) is 2.42. The molecule has 0 saturated heterocycles. The van der Waals surface area contributed by atoms with Gasteiger partial charge in [-0.25, -0.2) is 4.98 Å². The van der Waals surface area contributed by atoms with Crippen LogP contribution in [0, 0.1) is 0 Å². The number of rotatable bonds is 0. The standard InChI is InChI=1S/C10H7N3O/c14-8-3-4-11-6-1-2-7-10(9(6)8)13-5-12-7/h1-5H,(H,11,14)(H,12,13). The molecule has 68 valence electrons. The summed E-state index contributed by atoms with van der Waals surface area (Å²) in [5.74, 6) is 0. The normalized spacial score (nSPS) is 11.1. The van der Waals surface area contributed by atoms with Gasteiger partial charge in [-0.3, -0.25) is 4.79 Å². The van der Waals surface area contributed by atoms with Crippen molar-refractivity contribution in [1.82, 2.24) is 15.0 Å². The quantitative estimate of drug-likeness (QED) is 0.556. The van der Waals surface area contributed by atoms with Crippen molar-refractivity contribution in [1.29, 1.82) is 0 Å². The Morgan fingerprint density at radius 3 is 2.86 bits per heavy atom. The average Bonchev–Trinajstić information content (AvgIpc) is 2.65. The van der Waals surface area contributed by atoms with Crippen LogP contribution in [-0.2, 0) is 0 Å². The molecule has 2 heterocycles. The van der Waals surface area contributed by atoms with Crippen molar-refractivity contribution in [2.75, 3.05) is 0 Å². The van der Waals surface area contributed by atoms with Gasteiger partial charge in [0.05, 0.1) is 22.7 Å². The van der Waals surface area contributed by atoms with Crippen molar-refractivity contribution >= 4 is 21.9 Å². The second-order valence-electron chi connectivity index (χ2n) is 3.13. The first-order valence-corrected chi connectivity index (χ1v) is 4.30. The SMILES string of the molecule is O=c1cc[nH]c2ccc3[nH]cnc3c12. The molecule has 0 saturated carbocycles. The molecule has 0 aliphatic rings. The first kappa shape index (κ1) is 7.32. The molecule has 0 aliphatic carbocycles. The van der Waals surface area contributed by atoms with E-state index in [1.54, 1.807) is 12.5 Å². The third-order valence-corrected chi connectivity index (χ3v) is 2.31. The number of pyridine rings is 1. The highest BCUT2D eigenvalue weighted by atomic mass is 16.1. The number of benzene rings is 1. The Kier molecular flexibility index (Phi) is 1.28. The minimum Gasteiger partial charge on any atom is -0.361 e. The lowest BCUT2D eigenvalue weighted by molar-refractivity contribution is 1.34. The third-order valence-electron chi connectivity index (χ3n) is 2.31. The second-order valence-corrected chi connectivity index (χ2v) is 3.13. The van der Waals surface area contributed by atoms with Gasteiger partial charge in [-0.1, -0.05) is 0 Å². The van der Waals surface area contributed by atoms with Crippen molar-refractivity contribution < 1.29 is 0 Å². The van der Waals surface area contributed by atoms with Crippen molar-refractivity contribution in [3.63, 3.8) is 0 Å². The molecule has 3 rings (SSSR count). The van der Waals surface area contributed by atoms with Gasteiger partial charge in [0.25, 0.3) is 0 Å². The number of hydrogen-bond donors (Lipinski definition) is 2. The molecule has 0 amide bonds. The maximum Gasteiger partial charge on any atom is 0.191 e. The van der Waals surface area contributed by atoms with Crippen LogP contribution in [0.2, 0.25) is 0 Å². The predicted molar refractivity (Wildman–Crippen MR) is 54.2 cm³/mol. The molecule has 0 spiro atoms. The lowest BCUT2D eigenvalue weighted by atomic mass is 10.2. The summed E-state index contributed by atoms with van der Waals surface area (Å²) in [6.07, 6.45) is 3.24. The maximum atomic E-state index is 11.6. The van der Waals surface area contributed by atoms with Crippen LogP contribution in [0.4, 0.5) is 0 Å². The zero-order chi connectivity index (χ0) is 9.54. The zero-order valence-electron chi connectivity index (χ0n) is 7.24. The molecule has 0 radical (unpaired) electrons. The fraction of sp³-hybridized carbons (Fsp3) is 0. The monoisotopic (exact) mass is 185 g/mol. The van der Waals surface area contributed by atoms with E-state index in [9.17, 15) is 4.79 Å². The number of aromatic nitrogens is 3. The number of fused-ring (bicyclic) bond motifs is 3. The van der Waals surface area contributed by atoms with Crippen LogP contribution in [0.3, 0.4) is 0 Å². The van der Waals surface area contributed by atoms with Gasteiger partial charge in [0.15, 0.2) is 5.43 Å². The molecule has 3 aromatic rings.